The third kappa shape index (κ3) is 1.98. The second-order valence-corrected chi connectivity index (χ2v) is 2.74. The molecule has 0 aliphatic carbocycles. The lowest BCUT2D eigenvalue weighted by Gasteiger charge is -2.04. The van der Waals surface area contributed by atoms with Crippen molar-refractivity contribution in [2.75, 3.05) is 5.73 Å². The lowest BCUT2D eigenvalue weighted by molar-refractivity contribution is 0.478. The number of pyridine rings is 2. The zero-order valence-corrected chi connectivity index (χ0v) is 7.42. The van der Waals surface area contributed by atoms with Crippen LogP contribution in [0.3, 0.4) is 0 Å². The van der Waals surface area contributed by atoms with Crippen LogP contribution in [-0.4, -0.2) is 9.97 Å². The van der Waals surface area contributed by atoms with E-state index in [9.17, 15) is 0 Å². The molecule has 2 heterocycles. The van der Waals surface area contributed by atoms with Gasteiger partial charge in [0.25, 0.3) is 0 Å². The van der Waals surface area contributed by atoms with Gasteiger partial charge in [-0.3, -0.25) is 9.97 Å². The van der Waals surface area contributed by atoms with Gasteiger partial charge in [-0.05, 0) is 12.1 Å². The van der Waals surface area contributed by atoms with Crippen molar-refractivity contribution in [1.29, 1.82) is 0 Å². The molecule has 0 aliphatic rings. The highest BCUT2D eigenvalue weighted by Gasteiger charge is 1.96. The van der Waals surface area contributed by atoms with Crippen molar-refractivity contribution in [2.45, 2.75) is 0 Å². The van der Waals surface area contributed by atoms with E-state index >= 15 is 0 Å². The number of hydrogen-bond donors (Lipinski definition) is 1. The van der Waals surface area contributed by atoms with Crippen LogP contribution in [0.5, 0.6) is 11.5 Å². The molecule has 0 atom stereocenters. The van der Waals surface area contributed by atoms with Gasteiger partial charge in [-0.15, -0.1) is 0 Å². The van der Waals surface area contributed by atoms with Crippen molar-refractivity contribution >= 4 is 5.69 Å². The molecule has 0 amide bonds. The lowest BCUT2D eigenvalue weighted by Crippen LogP contribution is -1.89. The minimum atomic E-state index is 0.575. The van der Waals surface area contributed by atoms with Gasteiger partial charge in [0, 0.05) is 12.3 Å². The SMILES string of the molecule is Nc1cncc(Oc2cccnc2)c1. The number of ether oxygens (including phenoxy) is 1. The van der Waals surface area contributed by atoms with Crippen LogP contribution < -0.4 is 10.5 Å². The number of anilines is 1. The third-order valence-corrected chi connectivity index (χ3v) is 1.60. The molecule has 0 fully saturated rings. The minimum absolute atomic E-state index is 0.575. The Kier molecular flexibility index (Phi) is 2.27. The van der Waals surface area contributed by atoms with E-state index in [-0.39, 0.29) is 0 Å². The van der Waals surface area contributed by atoms with Gasteiger partial charge < -0.3 is 10.5 Å². The fourth-order valence-corrected chi connectivity index (χ4v) is 1.03. The second-order valence-electron chi connectivity index (χ2n) is 2.74. The van der Waals surface area contributed by atoms with Crippen LogP contribution in [0.25, 0.3) is 0 Å². The molecule has 2 N–H and O–H groups in total. The predicted octanol–water partition coefficient (Wildman–Crippen LogP) is 1.85. The van der Waals surface area contributed by atoms with Crippen LogP contribution in [0.4, 0.5) is 5.69 Å². The van der Waals surface area contributed by atoms with Gasteiger partial charge >= 0.3 is 0 Å². The Morgan fingerprint density at radius 1 is 1.07 bits per heavy atom. The van der Waals surface area contributed by atoms with Crippen molar-refractivity contribution in [3.63, 3.8) is 0 Å². The van der Waals surface area contributed by atoms with Crippen LogP contribution in [0, 0.1) is 0 Å². The summed E-state index contributed by atoms with van der Waals surface area (Å²) in [6.07, 6.45) is 6.48. The predicted molar refractivity (Wildman–Crippen MR) is 53.0 cm³/mol. The topological polar surface area (TPSA) is 61.0 Å². The summed E-state index contributed by atoms with van der Waals surface area (Å²) in [7, 11) is 0. The summed E-state index contributed by atoms with van der Waals surface area (Å²) in [5, 5.41) is 0. The minimum Gasteiger partial charge on any atom is -0.454 e. The standard InChI is InChI=1S/C10H9N3O/c11-8-4-10(7-13-5-8)14-9-2-1-3-12-6-9/h1-7H,11H2. The largest absolute Gasteiger partial charge is 0.454 e. The highest BCUT2D eigenvalue weighted by molar-refractivity contribution is 5.41. The summed E-state index contributed by atoms with van der Waals surface area (Å²) in [4.78, 5) is 7.84. The van der Waals surface area contributed by atoms with Gasteiger partial charge in [0.1, 0.15) is 11.5 Å². The lowest BCUT2D eigenvalue weighted by atomic mass is 10.4. The van der Waals surface area contributed by atoms with E-state index in [0.717, 1.165) is 0 Å². The Morgan fingerprint density at radius 2 is 1.93 bits per heavy atom. The fraction of sp³-hybridized carbons (Fsp3) is 0. The zero-order valence-electron chi connectivity index (χ0n) is 7.42. The molecule has 0 saturated carbocycles. The fourth-order valence-electron chi connectivity index (χ4n) is 1.03. The van der Waals surface area contributed by atoms with Gasteiger partial charge in [0.2, 0.25) is 0 Å². The van der Waals surface area contributed by atoms with Gasteiger partial charge in [0.15, 0.2) is 0 Å². The molecule has 70 valence electrons. The maximum absolute atomic E-state index is 5.55. The molecule has 0 saturated heterocycles. The third-order valence-electron chi connectivity index (χ3n) is 1.60. The molecular formula is C10H9N3O. The number of aromatic nitrogens is 2. The van der Waals surface area contributed by atoms with Crippen molar-refractivity contribution in [1.82, 2.24) is 9.97 Å². The van der Waals surface area contributed by atoms with E-state index in [1.807, 2.05) is 6.07 Å². The van der Waals surface area contributed by atoms with Crippen LogP contribution in [0.1, 0.15) is 0 Å². The number of nitrogen functional groups attached to an aromatic ring is 1. The average molecular weight is 187 g/mol. The molecule has 2 rings (SSSR count). The Hall–Kier alpha value is -2.10. The summed E-state index contributed by atoms with van der Waals surface area (Å²) >= 11 is 0. The summed E-state index contributed by atoms with van der Waals surface area (Å²) in [5.74, 6) is 1.28. The summed E-state index contributed by atoms with van der Waals surface area (Å²) in [6.45, 7) is 0. The molecule has 0 unspecified atom stereocenters. The van der Waals surface area contributed by atoms with E-state index in [1.165, 1.54) is 0 Å². The van der Waals surface area contributed by atoms with Gasteiger partial charge in [0.05, 0.1) is 24.3 Å². The first-order valence-corrected chi connectivity index (χ1v) is 4.13. The maximum Gasteiger partial charge on any atom is 0.147 e. The molecular weight excluding hydrogens is 178 g/mol. The molecule has 0 spiro atoms. The Morgan fingerprint density at radius 3 is 2.64 bits per heavy atom. The van der Waals surface area contributed by atoms with E-state index in [0.29, 0.717) is 17.2 Å². The van der Waals surface area contributed by atoms with Crippen LogP contribution in [-0.2, 0) is 0 Å². The van der Waals surface area contributed by atoms with Crippen LogP contribution >= 0.6 is 0 Å². The monoisotopic (exact) mass is 187 g/mol. The van der Waals surface area contributed by atoms with E-state index in [1.54, 1.807) is 36.9 Å². The number of hydrogen-bond acceptors (Lipinski definition) is 4. The van der Waals surface area contributed by atoms with Gasteiger partial charge in [-0.1, -0.05) is 0 Å². The molecule has 4 nitrogen and oxygen atoms in total. The van der Waals surface area contributed by atoms with E-state index in [2.05, 4.69) is 9.97 Å². The van der Waals surface area contributed by atoms with Crippen LogP contribution in [0.15, 0.2) is 43.0 Å². The van der Waals surface area contributed by atoms with Gasteiger partial charge in [-0.2, -0.15) is 0 Å². The molecule has 0 bridgehead atoms. The van der Waals surface area contributed by atoms with Crippen molar-refractivity contribution in [3.8, 4) is 11.5 Å². The van der Waals surface area contributed by atoms with Gasteiger partial charge in [-0.25, -0.2) is 0 Å². The molecule has 0 radical (unpaired) electrons. The smallest absolute Gasteiger partial charge is 0.147 e. The molecule has 4 heteroatoms. The average Bonchev–Trinajstić information content (AvgIpc) is 2.19. The molecule has 0 aromatic carbocycles. The maximum atomic E-state index is 5.55. The summed E-state index contributed by atoms with van der Waals surface area (Å²) in [6, 6.07) is 5.32. The van der Waals surface area contributed by atoms with Crippen LogP contribution in [0.2, 0.25) is 0 Å². The molecule has 0 aliphatic heterocycles. The van der Waals surface area contributed by atoms with Crippen molar-refractivity contribution in [3.05, 3.63) is 43.0 Å². The summed E-state index contributed by atoms with van der Waals surface area (Å²) in [5.41, 5.74) is 6.13. The van der Waals surface area contributed by atoms with E-state index in [4.69, 9.17) is 10.5 Å². The Balaban J connectivity index is 2.19. The quantitative estimate of drug-likeness (QED) is 0.779. The van der Waals surface area contributed by atoms with Crippen molar-refractivity contribution in [2.24, 2.45) is 0 Å². The Labute approximate surface area is 81.4 Å². The first-order chi connectivity index (χ1) is 6.84. The van der Waals surface area contributed by atoms with E-state index < -0.39 is 0 Å². The number of nitrogens with two attached hydrogens (primary N) is 1. The Bertz CT molecular complexity index is 417. The molecule has 14 heavy (non-hydrogen) atoms. The normalized spacial score (nSPS) is 9.71. The first kappa shape index (κ1) is 8.50. The molecule has 2 aromatic heterocycles. The second kappa shape index (κ2) is 3.74. The summed E-state index contributed by atoms with van der Waals surface area (Å²) < 4.78 is 5.45. The highest BCUT2D eigenvalue weighted by Crippen LogP contribution is 2.20. The first-order valence-electron chi connectivity index (χ1n) is 4.13. The zero-order chi connectivity index (χ0) is 9.80. The number of nitrogens with zero attached hydrogens (tertiary/aromatic N) is 2. The van der Waals surface area contributed by atoms with Crippen molar-refractivity contribution < 1.29 is 4.74 Å². The number of rotatable bonds is 2. The highest BCUT2D eigenvalue weighted by atomic mass is 16.5. The molecule has 2 aromatic rings.